The molecule has 6 heteroatoms. The number of carbonyl (C=O) groups is 1. The fourth-order valence-electron chi connectivity index (χ4n) is 2.99. The van der Waals surface area contributed by atoms with E-state index in [0.717, 1.165) is 12.8 Å². The molecule has 1 unspecified atom stereocenters. The van der Waals surface area contributed by atoms with E-state index >= 15 is 0 Å². The van der Waals surface area contributed by atoms with Crippen molar-refractivity contribution in [2.45, 2.75) is 59.2 Å². The van der Waals surface area contributed by atoms with Gasteiger partial charge in [0, 0.05) is 19.0 Å². The molecule has 1 aliphatic heterocycles. The van der Waals surface area contributed by atoms with Crippen molar-refractivity contribution >= 4 is 17.7 Å². The molecule has 1 aromatic rings. The minimum Gasteiger partial charge on any atom is -0.488 e. The number of ether oxygens (including phenoxy) is 2. The minimum absolute atomic E-state index is 0.0374. The van der Waals surface area contributed by atoms with Crippen molar-refractivity contribution in [2.75, 3.05) is 13.1 Å². The predicted octanol–water partition coefficient (Wildman–Crippen LogP) is 4.79. The Kier molecular flexibility index (Phi) is 6.55. The first-order valence-electron chi connectivity index (χ1n) is 8.90. The van der Waals surface area contributed by atoms with Crippen molar-refractivity contribution in [3.8, 4) is 5.75 Å². The quantitative estimate of drug-likeness (QED) is 0.701. The van der Waals surface area contributed by atoms with E-state index in [9.17, 15) is 4.79 Å². The number of halogens is 1. The van der Waals surface area contributed by atoms with Crippen molar-refractivity contribution in [2.24, 2.45) is 11.8 Å². The highest BCUT2D eigenvalue weighted by molar-refractivity contribution is 6.29. The van der Waals surface area contributed by atoms with Gasteiger partial charge in [0.15, 0.2) is 0 Å². The Morgan fingerprint density at radius 1 is 1.40 bits per heavy atom. The Labute approximate surface area is 155 Å². The number of hydrogen-bond acceptors (Lipinski definition) is 4. The Morgan fingerprint density at radius 3 is 2.68 bits per heavy atom. The average Bonchev–Trinajstić information content (AvgIpc) is 2.96. The molecule has 0 bridgehead atoms. The van der Waals surface area contributed by atoms with Crippen LogP contribution in [-0.2, 0) is 4.74 Å². The van der Waals surface area contributed by atoms with Gasteiger partial charge in [0.2, 0.25) is 0 Å². The van der Waals surface area contributed by atoms with Gasteiger partial charge in [-0.25, -0.2) is 9.78 Å². The fourth-order valence-corrected chi connectivity index (χ4v) is 3.10. The maximum Gasteiger partial charge on any atom is 0.410 e. The smallest absolute Gasteiger partial charge is 0.410 e. The molecule has 1 amide bonds. The summed E-state index contributed by atoms with van der Waals surface area (Å²) in [5.41, 5.74) is -0.474. The summed E-state index contributed by atoms with van der Waals surface area (Å²) in [5, 5.41) is 0.449. The molecule has 2 atom stereocenters. The van der Waals surface area contributed by atoms with Crippen LogP contribution < -0.4 is 4.74 Å². The predicted molar refractivity (Wildman–Crippen MR) is 99.0 cm³/mol. The maximum absolute atomic E-state index is 12.3. The summed E-state index contributed by atoms with van der Waals surface area (Å²) in [6.45, 7) is 11.4. The van der Waals surface area contributed by atoms with Gasteiger partial charge in [0.1, 0.15) is 22.6 Å². The van der Waals surface area contributed by atoms with Crippen LogP contribution in [0.25, 0.3) is 0 Å². The third-order valence-electron chi connectivity index (χ3n) is 4.09. The second-order valence-corrected chi connectivity index (χ2v) is 8.46. The SMILES string of the molecule is CC(C)CC(Oc1ccc(Cl)nc1)[C@H]1CCN(C(=O)OC(C)(C)C)C1. The number of pyridine rings is 1. The second kappa shape index (κ2) is 8.26. The molecule has 2 heterocycles. The first kappa shape index (κ1) is 19.8. The molecule has 0 aromatic carbocycles. The monoisotopic (exact) mass is 368 g/mol. The van der Waals surface area contributed by atoms with Crippen LogP contribution in [0.1, 0.15) is 47.5 Å². The van der Waals surface area contributed by atoms with Gasteiger partial charge < -0.3 is 14.4 Å². The zero-order chi connectivity index (χ0) is 18.6. The molecular weight excluding hydrogens is 340 g/mol. The normalized spacial score (nSPS) is 19.2. The third-order valence-corrected chi connectivity index (χ3v) is 4.32. The van der Waals surface area contributed by atoms with E-state index in [4.69, 9.17) is 21.1 Å². The molecule has 0 saturated carbocycles. The molecule has 1 aromatic heterocycles. The molecule has 0 radical (unpaired) electrons. The molecule has 25 heavy (non-hydrogen) atoms. The van der Waals surface area contributed by atoms with Crippen molar-refractivity contribution < 1.29 is 14.3 Å². The average molecular weight is 369 g/mol. The zero-order valence-corrected chi connectivity index (χ0v) is 16.5. The number of nitrogens with zero attached hydrogens (tertiary/aromatic N) is 2. The van der Waals surface area contributed by atoms with E-state index in [1.165, 1.54) is 0 Å². The molecule has 0 N–H and O–H groups in total. The lowest BCUT2D eigenvalue weighted by Gasteiger charge is -2.27. The van der Waals surface area contributed by atoms with Crippen molar-refractivity contribution in [1.82, 2.24) is 9.88 Å². The van der Waals surface area contributed by atoms with Gasteiger partial charge in [-0.3, -0.25) is 0 Å². The lowest BCUT2D eigenvalue weighted by molar-refractivity contribution is 0.0270. The summed E-state index contributed by atoms with van der Waals surface area (Å²) in [7, 11) is 0. The van der Waals surface area contributed by atoms with Gasteiger partial charge in [-0.1, -0.05) is 25.4 Å². The largest absolute Gasteiger partial charge is 0.488 e. The van der Waals surface area contributed by atoms with Crippen LogP contribution in [0.5, 0.6) is 5.75 Å². The van der Waals surface area contributed by atoms with Crippen LogP contribution in [0.15, 0.2) is 18.3 Å². The number of aromatic nitrogens is 1. The summed E-state index contributed by atoms with van der Waals surface area (Å²) < 4.78 is 11.7. The number of amides is 1. The second-order valence-electron chi connectivity index (χ2n) is 8.08. The van der Waals surface area contributed by atoms with E-state index in [-0.39, 0.29) is 18.1 Å². The van der Waals surface area contributed by atoms with Crippen LogP contribution in [-0.4, -0.2) is 40.8 Å². The fraction of sp³-hybridized carbons (Fsp3) is 0.684. The molecule has 1 saturated heterocycles. The molecule has 1 aliphatic rings. The highest BCUT2D eigenvalue weighted by atomic mass is 35.5. The van der Waals surface area contributed by atoms with Crippen LogP contribution >= 0.6 is 11.6 Å². The van der Waals surface area contributed by atoms with E-state index in [0.29, 0.717) is 29.9 Å². The Balaban J connectivity index is 2.01. The summed E-state index contributed by atoms with van der Waals surface area (Å²) in [6, 6.07) is 3.56. The van der Waals surface area contributed by atoms with Crippen LogP contribution in [0.2, 0.25) is 5.15 Å². The molecule has 0 aliphatic carbocycles. The van der Waals surface area contributed by atoms with Gasteiger partial charge in [-0.2, -0.15) is 0 Å². The van der Waals surface area contributed by atoms with Crippen molar-refractivity contribution in [3.63, 3.8) is 0 Å². The van der Waals surface area contributed by atoms with Gasteiger partial charge in [-0.05, 0) is 51.7 Å². The highest BCUT2D eigenvalue weighted by Gasteiger charge is 2.35. The molecular formula is C19H29ClN2O3. The maximum atomic E-state index is 12.3. The topological polar surface area (TPSA) is 51.7 Å². The van der Waals surface area contributed by atoms with Gasteiger partial charge >= 0.3 is 6.09 Å². The summed E-state index contributed by atoms with van der Waals surface area (Å²) >= 11 is 5.84. The Bertz CT molecular complexity index is 569. The number of likely N-dealkylation sites (tertiary alicyclic amines) is 1. The first-order valence-corrected chi connectivity index (χ1v) is 9.28. The molecule has 5 nitrogen and oxygen atoms in total. The van der Waals surface area contributed by atoms with Crippen LogP contribution in [0.4, 0.5) is 4.79 Å². The number of rotatable bonds is 5. The first-order chi connectivity index (χ1) is 11.6. The third kappa shape index (κ3) is 6.38. The standard InChI is InChI=1S/C19H29ClN2O3/c1-13(2)10-16(24-15-6-7-17(20)21-11-15)14-8-9-22(12-14)18(23)25-19(3,4)5/h6-7,11,13-14,16H,8-10,12H2,1-5H3/t14-,16?/m0/s1. The van der Waals surface area contributed by atoms with E-state index in [1.807, 2.05) is 26.8 Å². The van der Waals surface area contributed by atoms with Crippen molar-refractivity contribution in [1.29, 1.82) is 0 Å². The van der Waals surface area contributed by atoms with Gasteiger partial charge in [-0.15, -0.1) is 0 Å². The minimum atomic E-state index is -0.474. The van der Waals surface area contributed by atoms with E-state index in [2.05, 4.69) is 18.8 Å². The lowest BCUT2D eigenvalue weighted by atomic mass is 9.93. The number of hydrogen-bond donors (Lipinski definition) is 0. The number of carbonyl (C=O) groups excluding carboxylic acids is 1. The van der Waals surface area contributed by atoms with E-state index < -0.39 is 5.60 Å². The lowest BCUT2D eigenvalue weighted by Crippen LogP contribution is -2.37. The Hall–Kier alpha value is -1.49. The molecule has 2 rings (SSSR count). The molecule has 0 spiro atoms. The summed E-state index contributed by atoms with van der Waals surface area (Å²) in [5.74, 6) is 1.50. The van der Waals surface area contributed by atoms with Crippen LogP contribution in [0.3, 0.4) is 0 Å². The Morgan fingerprint density at radius 2 is 2.12 bits per heavy atom. The summed E-state index contributed by atoms with van der Waals surface area (Å²) in [6.07, 6.45) is 3.28. The van der Waals surface area contributed by atoms with Gasteiger partial charge in [0.25, 0.3) is 0 Å². The summed E-state index contributed by atoms with van der Waals surface area (Å²) in [4.78, 5) is 18.1. The van der Waals surface area contributed by atoms with E-state index in [1.54, 1.807) is 17.2 Å². The highest BCUT2D eigenvalue weighted by Crippen LogP contribution is 2.29. The van der Waals surface area contributed by atoms with Crippen LogP contribution in [0, 0.1) is 11.8 Å². The zero-order valence-electron chi connectivity index (χ0n) is 15.8. The van der Waals surface area contributed by atoms with Gasteiger partial charge in [0.05, 0.1) is 6.20 Å². The van der Waals surface area contributed by atoms with Crippen molar-refractivity contribution in [3.05, 3.63) is 23.5 Å². The molecule has 140 valence electrons. The molecule has 1 fully saturated rings.